The Hall–Kier alpha value is -1.17. The third-order valence-electron chi connectivity index (χ3n) is 7.02. The fourth-order valence-corrected chi connectivity index (χ4v) is 5.74. The summed E-state index contributed by atoms with van der Waals surface area (Å²) in [4.78, 5) is 11.4. The molecule has 5 nitrogen and oxygen atoms in total. The number of ether oxygens (including phenoxy) is 1. The molecule has 6 atom stereocenters. The number of allylic oxidation sites excluding steroid dienone is 1. The van der Waals surface area contributed by atoms with Crippen LogP contribution in [-0.2, 0) is 9.53 Å². The molecule has 0 aromatic carbocycles. The molecular weight excluding hydrogens is 344 g/mol. The average molecular weight is 381 g/mol. The molecule has 2 unspecified atom stereocenters. The van der Waals surface area contributed by atoms with E-state index in [1.54, 1.807) is 0 Å². The van der Waals surface area contributed by atoms with Crippen LogP contribution in [-0.4, -0.2) is 46.7 Å². The molecule has 0 aliphatic heterocycles. The first-order valence-corrected chi connectivity index (χ1v) is 9.98. The predicted octanol–water partition coefficient (Wildman–Crippen LogP) is 2.99. The summed E-state index contributed by atoms with van der Waals surface area (Å²) in [5, 5.41) is 30.5. The minimum Gasteiger partial charge on any atom is -0.465 e. The summed E-state index contributed by atoms with van der Waals surface area (Å²) in [5.74, 6) is -0.125. The Morgan fingerprint density at radius 3 is 2.56 bits per heavy atom. The maximum atomic E-state index is 11.4. The van der Waals surface area contributed by atoms with Gasteiger partial charge in [0.05, 0.1) is 25.4 Å². The second-order valence-electron chi connectivity index (χ2n) is 9.21. The largest absolute Gasteiger partial charge is 0.465 e. The van der Waals surface area contributed by atoms with Crippen LogP contribution in [0.15, 0.2) is 23.8 Å². The molecule has 154 valence electrons. The smallest absolute Gasteiger partial charge is 0.302 e. The van der Waals surface area contributed by atoms with Gasteiger partial charge < -0.3 is 20.1 Å². The van der Waals surface area contributed by atoms with Gasteiger partial charge in [0.2, 0.25) is 0 Å². The number of aliphatic hydroxyl groups excluding tert-OH is 3. The van der Waals surface area contributed by atoms with Gasteiger partial charge in [0.1, 0.15) is 0 Å². The van der Waals surface area contributed by atoms with Gasteiger partial charge in [0, 0.05) is 12.3 Å². The zero-order chi connectivity index (χ0) is 20.4. The van der Waals surface area contributed by atoms with Crippen LogP contribution in [0.25, 0.3) is 0 Å². The van der Waals surface area contributed by atoms with E-state index in [0.717, 1.165) is 24.0 Å². The van der Waals surface area contributed by atoms with Gasteiger partial charge >= 0.3 is 5.97 Å². The van der Waals surface area contributed by atoms with Crippen molar-refractivity contribution in [3.05, 3.63) is 23.8 Å². The van der Waals surface area contributed by atoms with E-state index in [9.17, 15) is 15.0 Å². The summed E-state index contributed by atoms with van der Waals surface area (Å²) in [6.07, 6.45) is 4.21. The molecular formula is C22H36O5. The molecule has 2 aliphatic carbocycles. The summed E-state index contributed by atoms with van der Waals surface area (Å²) in [6, 6.07) is 0. The van der Waals surface area contributed by atoms with Crippen LogP contribution in [0.2, 0.25) is 0 Å². The summed E-state index contributed by atoms with van der Waals surface area (Å²) in [6.45, 7) is 12.1. The molecule has 0 bridgehead atoms. The molecule has 0 saturated heterocycles. The number of esters is 1. The van der Waals surface area contributed by atoms with Crippen molar-refractivity contribution in [2.24, 2.45) is 22.7 Å². The second kappa shape index (κ2) is 8.46. The molecule has 5 heteroatoms. The molecule has 0 aromatic heterocycles. The van der Waals surface area contributed by atoms with Crippen molar-refractivity contribution >= 4 is 5.97 Å². The van der Waals surface area contributed by atoms with Crippen LogP contribution in [0.4, 0.5) is 0 Å². The van der Waals surface area contributed by atoms with E-state index < -0.39 is 12.2 Å². The Balaban J connectivity index is 2.33. The molecule has 0 spiro atoms. The molecule has 0 aromatic rings. The van der Waals surface area contributed by atoms with Crippen LogP contribution in [0.1, 0.15) is 59.8 Å². The highest BCUT2D eigenvalue weighted by molar-refractivity contribution is 5.65. The number of hydrogen-bond acceptors (Lipinski definition) is 5. The van der Waals surface area contributed by atoms with E-state index in [2.05, 4.69) is 20.4 Å². The van der Waals surface area contributed by atoms with Crippen LogP contribution < -0.4 is 0 Å². The van der Waals surface area contributed by atoms with Crippen LogP contribution in [0.3, 0.4) is 0 Å². The minimum absolute atomic E-state index is 0.0269. The van der Waals surface area contributed by atoms with Crippen LogP contribution in [0.5, 0.6) is 0 Å². The van der Waals surface area contributed by atoms with Gasteiger partial charge in [-0.2, -0.15) is 0 Å². The van der Waals surface area contributed by atoms with E-state index in [-0.39, 0.29) is 41.8 Å². The van der Waals surface area contributed by atoms with Gasteiger partial charge in [-0.15, -0.1) is 0 Å². The highest BCUT2D eigenvalue weighted by Crippen LogP contribution is 2.62. The van der Waals surface area contributed by atoms with E-state index in [0.29, 0.717) is 19.3 Å². The Morgan fingerprint density at radius 1 is 1.30 bits per heavy atom. The van der Waals surface area contributed by atoms with Gasteiger partial charge in [-0.1, -0.05) is 32.1 Å². The Labute approximate surface area is 163 Å². The molecule has 0 heterocycles. The lowest BCUT2D eigenvalue weighted by Gasteiger charge is -2.60. The zero-order valence-electron chi connectivity index (χ0n) is 17.2. The Morgan fingerprint density at radius 2 is 1.96 bits per heavy atom. The summed E-state index contributed by atoms with van der Waals surface area (Å²) in [5.41, 5.74) is 1.36. The van der Waals surface area contributed by atoms with Crippen molar-refractivity contribution in [3.63, 3.8) is 0 Å². The zero-order valence-corrected chi connectivity index (χ0v) is 17.2. The van der Waals surface area contributed by atoms with Gasteiger partial charge in [0.15, 0.2) is 0 Å². The number of fused-ring (bicyclic) bond motifs is 1. The number of aliphatic hydroxyl groups is 3. The van der Waals surface area contributed by atoms with Crippen LogP contribution in [0, 0.1) is 22.7 Å². The number of carbonyl (C=O) groups excluding carboxylic acids is 1. The predicted molar refractivity (Wildman–Crippen MR) is 105 cm³/mol. The normalized spacial score (nSPS) is 39.8. The maximum absolute atomic E-state index is 11.4. The monoisotopic (exact) mass is 380 g/mol. The van der Waals surface area contributed by atoms with Crippen molar-refractivity contribution in [3.8, 4) is 0 Å². The molecule has 3 N–H and O–H groups in total. The van der Waals surface area contributed by atoms with E-state index in [1.807, 2.05) is 13.0 Å². The first kappa shape index (κ1) is 22.1. The first-order chi connectivity index (χ1) is 12.5. The third-order valence-corrected chi connectivity index (χ3v) is 7.02. The van der Waals surface area contributed by atoms with Gasteiger partial charge in [-0.25, -0.2) is 0 Å². The standard InChI is InChI=1S/C22H36O5/c1-14(8-9-23)6-7-18-15(2)19(26)10-20-21(4,13-27-16(3)24)11-17(25)12-22(18,20)5/h8,17-20,23,25-26H,2,6-7,9-13H2,1,3-5H3/b14-8-/t17-,18?,19+,20?,21+,22+/m0/s1. The number of hydrogen-bond donors (Lipinski definition) is 3. The number of rotatable bonds is 6. The highest BCUT2D eigenvalue weighted by Gasteiger charge is 2.58. The van der Waals surface area contributed by atoms with E-state index >= 15 is 0 Å². The molecule has 2 fully saturated rings. The van der Waals surface area contributed by atoms with Crippen molar-refractivity contribution in [1.29, 1.82) is 0 Å². The lowest BCUT2D eigenvalue weighted by Crippen LogP contribution is -2.58. The van der Waals surface area contributed by atoms with E-state index in [4.69, 9.17) is 9.84 Å². The van der Waals surface area contributed by atoms with E-state index in [1.165, 1.54) is 6.92 Å². The highest BCUT2D eigenvalue weighted by atomic mass is 16.5. The van der Waals surface area contributed by atoms with Gasteiger partial charge in [0.25, 0.3) is 0 Å². The molecule has 0 radical (unpaired) electrons. The fraction of sp³-hybridized carbons (Fsp3) is 0.773. The quantitative estimate of drug-likeness (QED) is 0.487. The molecule has 2 saturated carbocycles. The fourth-order valence-electron chi connectivity index (χ4n) is 5.74. The molecule has 2 aliphatic rings. The Bertz CT molecular complexity index is 598. The van der Waals surface area contributed by atoms with Crippen molar-refractivity contribution < 1.29 is 24.9 Å². The molecule has 0 amide bonds. The van der Waals surface area contributed by atoms with Crippen molar-refractivity contribution in [1.82, 2.24) is 0 Å². The Kier molecular flexibility index (Phi) is 6.93. The van der Waals surface area contributed by atoms with Crippen molar-refractivity contribution in [2.75, 3.05) is 13.2 Å². The summed E-state index contributed by atoms with van der Waals surface area (Å²) < 4.78 is 5.36. The summed E-state index contributed by atoms with van der Waals surface area (Å²) >= 11 is 0. The minimum atomic E-state index is -0.581. The molecule has 27 heavy (non-hydrogen) atoms. The summed E-state index contributed by atoms with van der Waals surface area (Å²) in [7, 11) is 0. The van der Waals surface area contributed by atoms with Crippen LogP contribution >= 0.6 is 0 Å². The average Bonchev–Trinajstić information content (AvgIpc) is 2.55. The van der Waals surface area contributed by atoms with Gasteiger partial charge in [-0.3, -0.25) is 4.79 Å². The maximum Gasteiger partial charge on any atom is 0.302 e. The van der Waals surface area contributed by atoms with Crippen molar-refractivity contribution in [2.45, 2.75) is 72.0 Å². The third kappa shape index (κ3) is 4.64. The number of carbonyl (C=O) groups is 1. The van der Waals surface area contributed by atoms with Gasteiger partial charge in [-0.05, 0) is 61.9 Å². The topological polar surface area (TPSA) is 87.0 Å². The first-order valence-electron chi connectivity index (χ1n) is 9.98. The SMILES string of the molecule is C=C1C(CC/C(C)=C\CO)[C@@]2(C)C[C@@H](O)C[C@](C)(COC(C)=O)C2C[C@H]1O. The second-order valence-corrected chi connectivity index (χ2v) is 9.21. The molecule has 2 rings (SSSR count). The lowest BCUT2D eigenvalue weighted by atomic mass is 9.45. The lowest BCUT2D eigenvalue weighted by molar-refractivity contribution is -0.167.